The number of ether oxygens (including phenoxy) is 1. The van der Waals surface area contributed by atoms with Crippen LogP contribution in [-0.4, -0.2) is 6.61 Å². The lowest BCUT2D eigenvalue weighted by Gasteiger charge is -2.11. The minimum atomic E-state index is -2.23. The van der Waals surface area contributed by atoms with E-state index < -0.39 is 34.9 Å². The summed E-state index contributed by atoms with van der Waals surface area (Å²) in [5.41, 5.74) is 0.0961. The first-order chi connectivity index (χ1) is 15.8. The molecular formula is C26H16F6O. The van der Waals surface area contributed by atoms with Gasteiger partial charge in [0.05, 0.1) is 12.2 Å². The smallest absolute Gasteiger partial charge is 0.271 e. The van der Waals surface area contributed by atoms with Gasteiger partial charge in [-0.15, -0.1) is 0 Å². The van der Waals surface area contributed by atoms with E-state index in [4.69, 9.17) is 4.74 Å². The molecule has 4 rings (SSSR count). The van der Waals surface area contributed by atoms with E-state index in [-0.39, 0.29) is 28.0 Å². The lowest BCUT2D eigenvalue weighted by atomic mass is 9.96. The van der Waals surface area contributed by atoms with Crippen LogP contribution in [0.3, 0.4) is 0 Å². The van der Waals surface area contributed by atoms with Crippen LogP contribution in [0.5, 0.6) is 5.75 Å². The Balaban J connectivity index is 1.74. The second-order valence-corrected chi connectivity index (χ2v) is 7.23. The van der Waals surface area contributed by atoms with Gasteiger partial charge in [-0.3, -0.25) is 0 Å². The monoisotopic (exact) mass is 458 g/mol. The van der Waals surface area contributed by atoms with Gasteiger partial charge in [0, 0.05) is 28.7 Å². The zero-order chi connectivity index (χ0) is 23.7. The van der Waals surface area contributed by atoms with Gasteiger partial charge in [-0.25, -0.2) is 17.6 Å². The fourth-order valence-electron chi connectivity index (χ4n) is 3.66. The lowest BCUT2D eigenvalue weighted by molar-refractivity contribution is 0.338. The molecule has 33 heavy (non-hydrogen) atoms. The summed E-state index contributed by atoms with van der Waals surface area (Å²) in [6.45, 7) is 2.15. The number of halogens is 6. The van der Waals surface area contributed by atoms with Crippen LogP contribution in [0.1, 0.15) is 12.5 Å². The number of benzene rings is 4. The molecule has 0 fully saturated rings. The normalized spacial score (nSPS) is 11.0. The average Bonchev–Trinajstić information content (AvgIpc) is 2.76. The van der Waals surface area contributed by atoms with Crippen LogP contribution in [0.4, 0.5) is 26.3 Å². The van der Waals surface area contributed by atoms with E-state index in [1.807, 2.05) is 0 Å². The van der Waals surface area contributed by atoms with Crippen molar-refractivity contribution in [3.63, 3.8) is 0 Å². The fourth-order valence-corrected chi connectivity index (χ4v) is 3.66. The Hall–Kier alpha value is -3.74. The molecule has 168 valence electrons. The second-order valence-electron chi connectivity index (χ2n) is 7.23. The first kappa shape index (κ1) is 22.5. The standard InChI is InChI=1S/C26H16F6O/c1-2-33-17-5-8-19(24(29)12-17)15-3-6-18(22(27)10-15)14-4-7-20-16(9-14)11-23(28)21(26(20)32)13-25(30)31/h3-13H,2H2,1H3. The zero-order valence-corrected chi connectivity index (χ0v) is 17.2. The van der Waals surface area contributed by atoms with Crippen molar-refractivity contribution >= 4 is 16.8 Å². The third-order valence-corrected chi connectivity index (χ3v) is 5.16. The minimum Gasteiger partial charge on any atom is -0.494 e. The highest BCUT2D eigenvalue weighted by Gasteiger charge is 2.16. The van der Waals surface area contributed by atoms with Gasteiger partial charge in [-0.05, 0) is 53.8 Å². The maximum atomic E-state index is 14.9. The van der Waals surface area contributed by atoms with Gasteiger partial charge in [0.1, 0.15) is 29.0 Å². The van der Waals surface area contributed by atoms with Crippen LogP contribution in [0.25, 0.3) is 39.1 Å². The van der Waals surface area contributed by atoms with E-state index in [1.54, 1.807) is 13.0 Å². The maximum Gasteiger partial charge on any atom is 0.271 e. The molecule has 0 unspecified atom stereocenters. The van der Waals surface area contributed by atoms with E-state index in [0.717, 1.165) is 12.1 Å². The summed E-state index contributed by atoms with van der Waals surface area (Å²) in [6, 6.07) is 13.4. The molecule has 0 aliphatic rings. The Morgan fingerprint density at radius 3 is 2.03 bits per heavy atom. The van der Waals surface area contributed by atoms with Gasteiger partial charge in [-0.1, -0.05) is 24.3 Å². The fraction of sp³-hybridized carbons (Fsp3) is 0.0769. The van der Waals surface area contributed by atoms with E-state index >= 15 is 0 Å². The minimum absolute atomic E-state index is 0.0823. The van der Waals surface area contributed by atoms with Gasteiger partial charge in [0.25, 0.3) is 6.08 Å². The molecule has 0 aliphatic carbocycles. The highest BCUT2D eigenvalue weighted by Crippen LogP contribution is 2.34. The van der Waals surface area contributed by atoms with Gasteiger partial charge >= 0.3 is 0 Å². The third-order valence-electron chi connectivity index (χ3n) is 5.16. The summed E-state index contributed by atoms with van der Waals surface area (Å²) in [5.74, 6) is -3.17. The van der Waals surface area contributed by atoms with Crippen molar-refractivity contribution in [2.24, 2.45) is 0 Å². The SMILES string of the molecule is CCOc1ccc(-c2ccc(-c3ccc4c(F)c(C=C(F)F)c(F)cc4c3)c(F)c2)c(F)c1. The van der Waals surface area contributed by atoms with Crippen molar-refractivity contribution in [2.45, 2.75) is 6.92 Å². The molecule has 4 aromatic carbocycles. The Kier molecular flexibility index (Phi) is 6.14. The van der Waals surface area contributed by atoms with Crippen LogP contribution in [-0.2, 0) is 0 Å². The zero-order valence-electron chi connectivity index (χ0n) is 17.2. The summed E-state index contributed by atoms with van der Waals surface area (Å²) < 4.78 is 88.3. The Morgan fingerprint density at radius 1 is 0.758 bits per heavy atom. The van der Waals surface area contributed by atoms with Crippen molar-refractivity contribution in [2.75, 3.05) is 6.61 Å². The molecular weight excluding hydrogens is 442 g/mol. The lowest BCUT2D eigenvalue weighted by Crippen LogP contribution is -1.94. The predicted octanol–water partition coefficient (Wildman–Crippen LogP) is 8.37. The molecule has 0 radical (unpaired) electrons. The van der Waals surface area contributed by atoms with Crippen molar-refractivity contribution in [3.05, 3.63) is 95.6 Å². The van der Waals surface area contributed by atoms with Crippen LogP contribution in [0.2, 0.25) is 0 Å². The highest BCUT2D eigenvalue weighted by atomic mass is 19.3. The molecule has 0 aromatic heterocycles. The molecule has 0 atom stereocenters. The average molecular weight is 458 g/mol. The number of rotatable bonds is 5. The first-order valence-corrected chi connectivity index (χ1v) is 9.95. The van der Waals surface area contributed by atoms with E-state index in [2.05, 4.69) is 0 Å². The summed E-state index contributed by atoms with van der Waals surface area (Å²) in [5, 5.41) is 0.00101. The highest BCUT2D eigenvalue weighted by molar-refractivity contribution is 5.90. The van der Waals surface area contributed by atoms with Crippen LogP contribution in [0, 0.1) is 23.3 Å². The Labute approximate surface area is 185 Å². The summed E-state index contributed by atoms with van der Waals surface area (Å²) >= 11 is 0. The molecule has 4 aromatic rings. The van der Waals surface area contributed by atoms with E-state index in [9.17, 15) is 26.3 Å². The van der Waals surface area contributed by atoms with Crippen molar-refractivity contribution in [3.8, 4) is 28.0 Å². The summed E-state index contributed by atoms with van der Waals surface area (Å²) in [4.78, 5) is 0. The topological polar surface area (TPSA) is 9.23 Å². The van der Waals surface area contributed by atoms with E-state index in [0.29, 0.717) is 23.5 Å². The quantitative estimate of drug-likeness (QED) is 0.273. The van der Waals surface area contributed by atoms with Crippen LogP contribution in [0.15, 0.2) is 66.7 Å². The van der Waals surface area contributed by atoms with Gasteiger partial charge < -0.3 is 4.74 Å². The molecule has 0 bridgehead atoms. The maximum absolute atomic E-state index is 14.9. The number of hydrogen-bond donors (Lipinski definition) is 0. The van der Waals surface area contributed by atoms with Gasteiger partial charge in [-0.2, -0.15) is 8.78 Å². The summed E-state index contributed by atoms with van der Waals surface area (Å²) in [6.07, 6.45) is -2.11. The Bertz CT molecular complexity index is 1390. The molecule has 7 heteroatoms. The number of fused-ring (bicyclic) bond motifs is 1. The predicted molar refractivity (Wildman–Crippen MR) is 116 cm³/mol. The van der Waals surface area contributed by atoms with Crippen molar-refractivity contribution < 1.29 is 31.1 Å². The molecule has 1 nitrogen and oxygen atoms in total. The van der Waals surface area contributed by atoms with Gasteiger partial charge in [0.2, 0.25) is 0 Å². The number of hydrogen-bond acceptors (Lipinski definition) is 1. The van der Waals surface area contributed by atoms with Crippen molar-refractivity contribution in [1.82, 2.24) is 0 Å². The van der Waals surface area contributed by atoms with E-state index in [1.165, 1.54) is 42.5 Å². The molecule has 0 N–H and O–H groups in total. The van der Waals surface area contributed by atoms with Gasteiger partial charge in [0.15, 0.2) is 0 Å². The first-order valence-electron chi connectivity index (χ1n) is 9.95. The third kappa shape index (κ3) is 4.44. The molecule has 0 saturated carbocycles. The van der Waals surface area contributed by atoms with Crippen LogP contribution >= 0.6 is 0 Å². The Morgan fingerprint density at radius 2 is 1.39 bits per heavy atom. The van der Waals surface area contributed by atoms with Crippen molar-refractivity contribution in [1.29, 1.82) is 0 Å². The molecule has 0 amide bonds. The molecule has 0 spiro atoms. The molecule has 0 heterocycles. The second kappa shape index (κ2) is 9.02. The summed E-state index contributed by atoms with van der Waals surface area (Å²) in [7, 11) is 0. The van der Waals surface area contributed by atoms with Crippen LogP contribution < -0.4 is 4.74 Å². The molecule has 0 aliphatic heterocycles. The largest absolute Gasteiger partial charge is 0.494 e. The molecule has 0 saturated heterocycles.